The van der Waals surface area contributed by atoms with Gasteiger partial charge in [-0.15, -0.1) is 0 Å². The van der Waals surface area contributed by atoms with Crippen molar-refractivity contribution >= 4 is 22.6 Å². The van der Waals surface area contributed by atoms with Crippen molar-refractivity contribution in [3.63, 3.8) is 0 Å². The lowest BCUT2D eigenvalue weighted by molar-refractivity contribution is -0.123. The first-order valence-electron chi connectivity index (χ1n) is 11.9. The number of nitrogens with zero attached hydrogens (tertiary/aromatic N) is 1. The maximum absolute atomic E-state index is 14.1. The van der Waals surface area contributed by atoms with Crippen molar-refractivity contribution in [1.29, 1.82) is 0 Å². The third-order valence-electron chi connectivity index (χ3n) is 7.08. The average molecular weight is 524 g/mol. The molecule has 2 atom stereocenters. The van der Waals surface area contributed by atoms with Gasteiger partial charge in [-0.1, -0.05) is 0 Å². The summed E-state index contributed by atoms with van der Waals surface area (Å²) in [6, 6.07) is 10.2. The van der Waals surface area contributed by atoms with E-state index in [4.69, 9.17) is 10.5 Å². The summed E-state index contributed by atoms with van der Waals surface area (Å²) in [5.41, 5.74) is 4.43. The Kier molecular flexibility index (Phi) is 6.02. The van der Waals surface area contributed by atoms with Crippen LogP contribution in [0.25, 0.3) is 22.2 Å². The van der Waals surface area contributed by atoms with E-state index in [9.17, 15) is 27.9 Å². The van der Waals surface area contributed by atoms with Crippen molar-refractivity contribution in [2.45, 2.75) is 37.7 Å². The number of carbonyl (C=O) groups is 2. The van der Waals surface area contributed by atoms with Crippen molar-refractivity contribution in [2.24, 2.45) is 5.73 Å². The zero-order chi connectivity index (χ0) is 27.4. The van der Waals surface area contributed by atoms with Gasteiger partial charge in [0, 0.05) is 29.0 Å². The SMILES string of the molecule is C[C@](O)(CCC(=O)c1cc2c(F)cc(F)cc2[nH]1)c1cc2c(c(-c3ccc(F)cc3)n1)OC[C@]2(C)C(N)=O. The third-order valence-corrected chi connectivity index (χ3v) is 7.08. The lowest BCUT2D eigenvalue weighted by Crippen LogP contribution is -2.40. The molecule has 7 nitrogen and oxygen atoms in total. The number of aromatic amines is 1. The van der Waals surface area contributed by atoms with Crippen LogP contribution >= 0.6 is 0 Å². The molecule has 1 amide bonds. The molecule has 38 heavy (non-hydrogen) atoms. The third kappa shape index (κ3) is 4.30. The van der Waals surface area contributed by atoms with Gasteiger partial charge in [0.15, 0.2) is 5.78 Å². The van der Waals surface area contributed by atoms with Crippen LogP contribution < -0.4 is 10.5 Å². The fourth-order valence-electron chi connectivity index (χ4n) is 4.60. The van der Waals surface area contributed by atoms with Gasteiger partial charge in [0.2, 0.25) is 5.91 Å². The van der Waals surface area contributed by atoms with Crippen LogP contribution in [-0.4, -0.2) is 33.4 Å². The number of Topliss-reactive ketones (excluding diaryl/α,β-unsaturated/α-hetero) is 1. The number of halogens is 3. The molecule has 4 N–H and O–H groups in total. The molecule has 196 valence electrons. The molecule has 1 aliphatic heterocycles. The smallest absolute Gasteiger partial charge is 0.231 e. The summed E-state index contributed by atoms with van der Waals surface area (Å²) in [5, 5.41) is 11.5. The number of carbonyl (C=O) groups excluding carboxylic acids is 2. The Morgan fingerprint density at radius 2 is 1.84 bits per heavy atom. The minimum absolute atomic E-state index is 0.0326. The number of benzene rings is 2. The molecule has 0 unspecified atom stereocenters. The number of ether oxygens (including phenoxy) is 1. The lowest BCUT2D eigenvalue weighted by Gasteiger charge is -2.25. The normalized spacial score (nSPS) is 18.2. The van der Waals surface area contributed by atoms with Crippen molar-refractivity contribution in [2.75, 3.05) is 6.61 Å². The van der Waals surface area contributed by atoms with Gasteiger partial charge in [-0.25, -0.2) is 18.2 Å². The molecule has 0 radical (unpaired) electrons. The van der Waals surface area contributed by atoms with Crippen molar-refractivity contribution < 1.29 is 32.6 Å². The summed E-state index contributed by atoms with van der Waals surface area (Å²) in [6.07, 6.45) is -0.237. The Morgan fingerprint density at radius 3 is 2.53 bits per heavy atom. The number of hydrogen-bond donors (Lipinski definition) is 3. The summed E-state index contributed by atoms with van der Waals surface area (Å²) in [7, 11) is 0. The van der Waals surface area contributed by atoms with E-state index < -0.39 is 40.2 Å². The number of fused-ring (bicyclic) bond motifs is 2. The minimum atomic E-state index is -1.65. The molecule has 10 heteroatoms. The van der Waals surface area contributed by atoms with Gasteiger partial charge in [-0.3, -0.25) is 9.59 Å². The van der Waals surface area contributed by atoms with Crippen LogP contribution in [0.3, 0.4) is 0 Å². The summed E-state index contributed by atoms with van der Waals surface area (Å²) in [4.78, 5) is 32.5. The first kappa shape index (κ1) is 25.5. The molecule has 0 saturated heterocycles. The molecule has 4 aromatic rings. The fraction of sp³-hybridized carbons (Fsp3) is 0.250. The number of nitrogens with two attached hydrogens (primary N) is 1. The monoisotopic (exact) mass is 523 g/mol. The van der Waals surface area contributed by atoms with Gasteiger partial charge in [-0.05, 0) is 62.7 Å². The first-order chi connectivity index (χ1) is 17.9. The number of hydrogen-bond acceptors (Lipinski definition) is 5. The zero-order valence-electron chi connectivity index (χ0n) is 20.6. The van der Waals surface area contributed by atoms with E-state index >= 15 is 0 Å². The summed E-state index contributed by atoms with van der Waals surface area (Å²) in [6.45, 7) is 3.06. The summed E-state index contributed by atoms with van der Waals surface area (Å²) < 4.78 is 47.0. The molecule has 3 heterocycles. The highest BCUT2D eigenvalue weighted by Crippen LogP contribution is 2.46. The van der Waals surface area contributed by atoms with Gasteiger partial charge in [-0.2, -0.15) is 0 Å². The quantitative estimate of drug-likeness (QED) is 0.305. The maximum atomic E-state index is 14.1. The summed E-state index contributed by atoms with van der Waals surface area (Å²) >= 11 is 0. The standard InChI is InChI=1S/C28H24F3N3O4/c1-27(26(32)36)13-38-25-18(27)12-23(34-24(25)14-3-5-15(29)6-4-14)28(2,37)8-7-22(35)21-11-17-19(31)9-16(30)10-20(17)33-21/h3-6,9-12,33,37H,7-8,13H2,1-2H3,(H2,32,36)/t27-,28-/m0/s1. The van der Waals surface area contributed by atoms with Gasteiger partial charge in [0.1, 0.15) is 46.5 Å². The van der Waals surface area contributed by atoms with E-state index in [1.807, 2.05) is 0 Å². The fourth-order valence-corrected chi connectivity index (χ4v) is 4.60. The van der Waals surface area contributed by atoms with Crippen LogP contribution in [-0.2, 0) is 15.8 Å². The highest BCUT2D eigenvalue weighted by Gasteiger charge is 2.45. The number of aromatic nitrogens is 2. The Bertz CT molecular complexity index is 1600. The number of H-pyrrole nitrogens is 1. The van der Waals surface area contributed by atoms with Crippen LogP contribution in [0.2, 0.25) is 0 Å². The second-order valence-corrected chi connectivity index (χ2v) is 9.95. The van der Waals surface area contributed by atoms with E-state index in [0.717, 1.165) is 12.1 Å². The lowest BCUT2D eigenvalue weighted by atomic mass is 9.81. The van der Waals surface area contributed by atoms with Crippen LogP contribution in [0.5, 0.6) is 5.75 Å². The van der Waals surface area contributed by atoms with Gasteiger partial charge in [0.05, 0.1) is 16.9 Å². The first-order valence-corrected chi connectivity index (χ1v) is 11.9. The van der Waals surface area contributed by atoms with E-state index in [1.165, 1.54) is 43.3 Å². The van der Waals surface area contributed by atoms with Gasteiger partial charge in [0.25, 0.3) is 0 Å². The maximum Gasteiger partial charge on any atom is 0.231 e. The van der Waals surface area contributed by atoms with Gasteiger partial charge < -0.3 is 20.6 Å². The average Bonchev–Trinajstić information content (AvgIpc) is 3.45. The number of primary amides is 1. The number of nitrogens with one attached hydrogen (secondary N) is 1. The number of amides is 1. The highest BCUT2D eigenvalue weighted by molar-refractivity contribution is 5.99. The molecule has 0 bridgehead atoms. The second kappa shape index (κ2) is 8.98. The van der Waals surface area contributed by atoms with E-state index in [-0.39, 0.29) is 41.7 Å². The van der Waals surface area contributed by atoms with Crippen molar-refractivity contribution in [3.05, 3.63) is 82.9 Å². The molecule has 0 aliphatic carbocycles. The minimum Gasteiger partial charge on any atom is -0.489 e. The Hall–Kier alpha value is -4.18. The molecule has 0 saturated carbocycles. The largest absolute Gasteiger partial charge is 0.489 e. The Balaban J connectivity index is 1.49. The summed E-state index contributed by atoms with van der Waals surface area (Å²) in [5.74, 6) is -2.76. The van der Waals surface area contributed by atoms with Crippen LogP contribution in [0.4, 0.5) is 13.2 Å². The Labute approximate surface area is 215 Å². The van der Waals surface area contributed by atoms with Crippen LogP contribution in [0.15, 0.2) is 48.5 Å². The molecule has 0 spiro atoms. The number of rotatable bonds is 7. The second-order valence-electron chi connectivity index (χ2n) is 9.95. The molecule has 5 rings (SSSR count). The number of pyridine rings is 1. The Morgan fingerprint density at radius 1 is 1.13 bits per heavy atom. The number of aliphatic hydroxyl groups is 1. The van der Waals surface area contributed by atoms with E-state index in [2.05, 4.69) is 9.97 Å². The highest BCUT2D eigenvalue weighted by atomic mass is 19.1. The van der Waals surface area contributed by atoms with Crippen LogP contribution in [0, 0.1) is 17.5 Å². The van der Waals surface area contributed by atoms with Crippen LogP contribution in [0.1, 0.15) is 48.4 Å². The topological polar surface area (TPSA) is 118 Å². The van der Waals surface area contributed by atoms with E-state index in [1.54, 1.807) is 6.92 Å². The molecule has 0 fully saturated rings. The zero-order valence-corrected chi connectivity index (χ0v) is 20.6. The van der Waals surface area contributed by atoms with Gasteiger partial charge >= 0.3 is 0 Å². The molecule has 2 aromatic heterocycles. The van der Waals surface area contributed by atoms with Crippen molar-refractivity contribution in [3.8, 4) is 17.0 Å². The predicted molar refractivity (Wildman–Crippen MR) is 133 cm³/mol. The van der Waals surface area contributed by atoms with Crippen molar-refractivity contribution in [1.82, 2.24) is 9.97 Å². The molecule has 2 aromatic carbocycles. The molecule has 1 aliphatic rings. The molecular weight excluding hydrogens is 499 g/mol. The predicted octanol–water partition coefficient (Wildman–Crippen LogP) is 4.65. The van der Waals surface area contributed by atoms with E-state index in [0.29, 0.717) is 22.6 Å². The molecular formula is C28H24F3N3O4. The number of ketones is 1.